The van der Waals surface area contributed by atoms with Crippen LogP contribution >= 0.6 is 22.9 Å². The zero-order valence-corrected chi connectivity index (χ0v) is 29.5. The van der Waals surface area contributed by atoms with Crippen molar-refractivity contribution >= 4 is 60.8 Å². The number of hydrogen-bond acceptors (Lipinski definition) is 12. The molecule has 0 aliphatic carbocycles. The Morgan fingerprint density at radius 2 is 1.98 bits per heavy atom. The summed E-state index contributed by atoms with van der Waals surface area (Å²) in [6.07, 6.45) is 3.44. The molecule has 0 saturated carbocycles. The topological polar surface area (TPSA) is 166 Å². The average Bonchev–Trinajstić information content (AvgIpc) is 3.96. The minimum Gasteiger partial charge on any atom is -0.461 e. The van der Waals surface area contributed by atoms with Crippen LogP contribution in [0.25, 0.3) is 32.1 Å². The van der Waals surface area contributed by atoms with E-state index in [2.05, 4.69) is 20.0 Å². The van der Waals surface area contributed by atoms with Gasteiger partial charge in [-0.3, -0.25) is 4.90 Å². The molecular formula is C35H29ClF3N11O2S. The molecule has 270 valence electrons. The van der Waals surface area contributed by atoms with Crippen LogP contribution in [0.3, 0.4) is 0 Å². The van der Waals surface area contributed by atoms with Crippen LogP contribution in [0.4, 0.5) is 28.8 Å². The number of nitrogens with two attached hydrogens (primary N) is 1. The van der Waals surface area contributed by atoms with Crippen LogP contribution in [-0.2, 0) is 0 Å². The molecule has 18 heteroatoms. The largest absolute Gasteiger partial charge is 0.461 e. The number of rotatable bonds is 5. The Morgan fingerprint density at radius 3 is 2.74 bits per heavy atom. The van der Waals surface area contributed by atoms with E-state index in [1.54, 1.807) is 11.0 Å². The van der Waals surface area contributed by atoms with E-state index in [9.17, 15) is 18.8 Å². The molecule has 13 nitrogen and oxygen atoms in total. The third-order valence-corrected chi connectivity index (χ3v) is 12.6. The lowest BCUT2D eigenvalue weighted by Crippen LogP contribution is -2.64. The van der Waals surface area contributed by atoms with Crippen LogP contribution in [0.15, 0.2) is 24.5 Å². The number of carbonyl (C=O) groups is 1. The number of nitrogens with zero attached hydrogens (tertiary/aromatic N) is 10. The fraction of sp³-hybridized carbons (Fsp3) is 0.400. The zero-order valence-electron chi connectivity index (χ0n) is 28.0. The normalized spacial score (nSPS) is 23.8. The van der Waals surface area contributed by atoms with Gasteiger partial charge in [0.2, 0.25) is 0 Å². The van der Waals surface area contributed by atoms with Crippen molar-refractivity contribution in [1.29, 1.82) is 10.5 Å². The van der Waals surface area contributed by atoms with E-state index < -0.39 is 34.9 Å². The van der Waals surface area contributed by atoms with Gasteiger partial charge in [-0.05, 0) is 49.9 Å². The molecule has 9 rings (SSSR count). The fourth-order valence-electron chi connectivity index (χ4n) is 8.70. The molecule has 3 atom stereocenters. The molecule has 53 heavy (non-hydrogen) atoms. The summed E-state index contributed by atoms with van der Waals surface area (Å²) in [7, 11) is 0. The van der Waals surface area contributed by atoms with Gasteiger partial charge in [0.25, 0.3) is 5.82 Å². The van der Waals surface area contributed by atoms with Crippen molar-refractivity contribution in [2.24, 2.45) is 0 Å². The monoisotopic (exact) mass is 759 g/mol. The lowest BCUT2D eigenvalue weighted by atomic mass is 9.84. The van der Waals surface area contributed by atoms with E-state index in [-0.39, 0.29) is 66.1 Å². The summed E-state index contributed by atoms with van der Waals surface area (Å²) in [5.41, 5.74) is 4.95. The van der Waals surface area contributed by atoms with Gasteiger partial charge in [-0.15, -0.1) is 16.4 Å². The van der Waals surface area contributed by atoms with E-state index in [1.165, 1.54) is 18.5 Å². The summed E-state index contributed by atoms with van der Waals surface area (Å²) in [5.74, 6) is -1.23. The first-order chi connectivity index (χ1) is 25.5. The summed E-state index contributed by atoms with van der Waals surface area (Å²) >= 11 is 7.78. The van der Waals surface area contributed by atoms with E-state index in [0.717, 1.165) is 35.4 Å². The minimum absolute atomic E-state index is 0.0160. The number of aromatic nitrogens is 5. The third-order valence-electron chi connectivity index (χ3n) is 11.3. The van der Waals surface area contributed by atoms with Gasteiger partial charge in [-0.25, -0.2) is 22.9 Å². The molecule has 4 aliphatic heterocycles. The van der Waals surface area contributed by atoms with Gasteiger partial charge in [-0.2, -0.15) is 25.2 Å². The highest BCUT2D eigenvalue weighted by Gasteiger charge is 2.53. The number of hydrogen-bond donors (Lipinski definition) is 1. The van der Waals surface area contributed by atoms with Gasteiger partial charge in [-0.1, -0.05) is 17.7 Å². The van der Waals surface area contributed by atoms with Crippen molar-refractivity contribution in [3.05, 3.63) is 52.6 Å². The van der Waals surface area contributed by atoms with Crippen LogP contribution in [0, 0.1) is 34.3 Å². The molecule has 3 aromatic heterocycles. The Hall–Kier alpha value is -5.23. The van der Waals surface area contributed by atoms with Crippen LogP contribution < -0.4 is 15.4 Å². The number of thiophene rings is 1. The second-order valence-corrected chi connectivity index (χ2v) is 15.6. The maximum absolute atomic E-state index is 17.2. The highest BCUT2D eigenvalue weighted by atomic mass is 35.5. The molecule has 0 unspecified atom stereocenters. The molecule has 4 aliphatic rings. The molecule has 0 bridgehead atoms. The van der Waals surface area contributed by atoms with E-state index in [4.69, 9.17) is 32.3 Å². The van der Waals surface area contributed by atoms with Crippen molar-refractivity contribution in [3.63, 3.8) is 0 Å². The van der Waals surface area contributed by atoms with Gasteiger partial charge in [0, 0.05) is 48.9 Å². The van der Waals surface area contributed by atoms with Gasteiger partial charge < -0.3 is 20.3 Å². The number of benzene rings is 2. The standard InChI is InChI=1S/C35H29ClF3N11O2S/c36-22-10-20-28(27(39)26(22)19-2-3-23(38)29-25(19)21(12-40)30(42)53-29)44-32(52-16-35-4-1-7-48(35)14-18(37)11-35)45-31(20)47-8-5-34(15-47)6-9-49(34)33(51)50-17-43-24(13-41)46-50/h2-3,10,17-18H,1,4-9,11,14-16,42H2/t18-,34-,35+/m1/s1. The van der Waals surface area contributed by atoms with Crippen molar-refractivity contribution in [2.45, 2.75) is 49.4 Å². The van der Waals surface area contributed by atoms with Gasteiger partial charge in [0.05, 0.1) is 26.4 Å². The minimum atomic E-state index is -0.982. The quantitative estimate of drug-likeness (QED) is 0.236. The summed E-state index contributed by atoms with van der Waals surface area (Å²) in [5, 5.41) is 23.5. The number of alkyl halides is 1. The van der Waals surface area contributed by atoms with E-state index >= 15 is 4.39 Å². The number of anilines is 2. The zero-order chi connectivity index (χ0) is 36.8. The van der Waals surface area contributed by atoms with Crippen molar-refractivity contribution in [1.82, 2.24) is 34.5 Å². The predicted molar refractivity (Wildman–Crippen MR) is 189 cm³/mol. The molecule has 5 aromatic rings. The van der Waals surface area contributed by atoms with Gasteiger partial charge in [0.1, 0.15) is 53.4 Å². The molecular weight excluding hydrogens is 731 g/mol. The predicted octanol–water partition coefficient (Wildman–Crippen LogP) is 5.64. The van der Waals surface area contributed by atoms with Crippen molar-refractivity contribution < 1.29 is 22.7 Å². The summed E-state index contributed by atoms with van der Waals surface area (Å²) in [4.78, 5) is 32.4. The van der Waals surface area contributed by atoms with Gasteiger partial charge in [0.15, 0.2) is 5.82 Å². The fourth-order valence-corrected chi connectivity index (χ4v) is 9.94. The maximum Gasteiger partial charge on any atom is 0.346 e. The van der Waals surface area contributed by atoms with E-state index in [1.807, 2.05) is 17.0 Å². The van der Waals surface area contributed by atoms with E-state index in [0.29, 0.717) is 51.3 Å². The Balaban J connectivity index is 1.14. The molecule has 7 heterocycles. The summed E-state index contributed by atoms with van der Waals surface area (Å²) in [6, 6.07) is 7.40. The highest BCUT2D eigenvalue weighted by molar-refractivity contribution is 7.23. The molecule has 4 fully saturated rings. The lowest BCUT2D eigenvalue weighted by Gasteiger charge is -2.50. The van der Waals surface area contributed by atoms with Crippen LogP contribution in [-0.4, -0.2) is 97.1 Å². The molecule has 2 N–H and O–H groups in total. The Bertz CT molecular complexity index is 2460. The van der Waals surface area contributed by atoms with Crippen LogP contribution in [0.2, 0.25) is 5.02 Å². The summed E-state index contributed by atoms with van der Waals surface area (Å²) < 4.78 is 54.1. The molecule has 0 radical (unpaired) electrons. The highest BCUT2D eigenvalue weighted by Crippen LogP contribution is 2.48. The summed E-state index contributed by atoms with van der Waals surface area (Å²) in [6.45, 7) is 2.43. The first-order valence-corrected chi connectivity index (χ1v) is 18.3. The van der Waals surface area contributed by atoms with Gasteiger partial charge >= 0.3 is 12.0 Å². The van der Waals surface area contributed by atoms with Crippen molar-refractivity contribution in [2.75, 3.05) is 50.0 Å². The number of fused-ring (bicyclic) bond motifs is 3. The maximum atomic E-state index is 17.2. The SMILES string of the molecule is N#Cc1ncn(C(=O)N2CC[C@@]23CCN(c2nc(OC[C@@]45CCCN4C[C@H](F)C5)nc4c(F)c(-c5ccc(F)c6sc(N)c(C#N)c56)c(Cl)cc24)C3)n1. The van der Waals surface area contributed by atoms with Crippen LogP contribution in [0.5, 0.6) is 6.01 Å². The first-order valence-electron chi connectivity index (χ1n) is 17.1. The number of amides is 1. The smallest absolute Gasteiger partial charge is 0.346 e. The third kappa shape index (κ3) is 5.09. The molecule has 1 spiro atoms. The number of halogens is 4. The number of ether oxygens (including phenoxy) is 1. The molecule has 4 saturated heterocycles. The average molecular weight is 760 g/mol. The second kappa shape index (κ2) is 12.2. The Morgan fingerprint density at radius 1 is 1.15 bits per heavy atom. The number of nitriles is 2. The van der Waals surface area contributed by atoms with Crippen molar-refractivity contribution in [3.8, 4) is 29.3 Å². The first kappa shape index (κ1) is 33.6. The second-order valence-electron chi connectivity index (χ2n) is 14.1. The number of carbonyl (C=O) groups excluding carboxylic acids is 1. The number of nitrogen functional groups attached to an aromatic ring is 1. The lowest BCUT2D eigenvalue weighted by molar-refractivity contribution is 0.0400. The van der Waals surface area contributed by atoms with Crippen LogP contribution in [0.1, 0.15) is 43.5 Å². The molecule has 2 aromatic carbocycles. The number of likely N-dealkylation sites (tertiary alicyclic amines) is 1. The Labute approximate surface area is 308 Å². The Kier molecular flexibility index (Phi) is 7.71. The molecule has 1 amide bonds.